The van der Waals surface area contributed by atoms with Crippen molar-refractivity contribution in [1.29, 1.82) is 0 Å². The highest BCUT2D eigenvalue weighted by Crippen LogP contribution is 2.34. The van der Waals surface area contributed by atoms with E-state index in [4.69, 9.17) is 5.73 Å². The van der Waals surface area contributed by atoms with Crippen LogP contribution in [0.15, 0.2) is 30.5 Å². The van der Waals surface area contributed by atoms with Crippen molar-refractivity contribution >= 4 is 40.2 Å². The molecule has 2 aromatic rings. The number of para-hydroxylation sites is 1. The largest absolute Gasteiger partial charge is 0.370 e. The van der Waals surface area contributed by atoms with Gasteiger partial charge in [0.25, 0.3) is 0 Å². The van der Waals surface area contributed by atoms with E-state index in [0.717, 1.165) is 22.9 Å². The highest BCUT2D eigenvalue weighted by Gasteiger charge is 2.39. The van der Waals surface area contributed by atoms with Gasteiger partial charge in [-0.05, 0) is 37.8 Å². The number of primary amides is 1. The van der Waals surface area contributed by atoms with Crippen LogP contribution in [0.1, 0.15) is 51.5 Å². The Balaban J connectivity index is 1.80. The summed E-state index contributed by atoms with van der Waals surface area (Å²) in [5.74, 6) is -2.68. The van der Waals surface area contributed by atoms with E-state index in [2.05, 4.69) is 15.6 Å². The van der Waals surface area contributed by atoms with Gasteiger partial charge in [-0.3, -0.25) is 24.0 Å². The topological polar surface area (TPSA) is 151 Å². The number of hydrogen-bond acceptors (Lipinski definition) is 5. The zero-order valence-electron chi connectivity index (χ0n) is 19.6. The lowest BCUT2D eigenvalue weighted by molar-refractivity contribution is -0.135. The minimum Gasteiger partial charge on any atom is -0.370 e. The lowest BCUT2D eigenvalue weighted by Crippen LogP contribution is -2.53. The number of amides is 3. The highest BCUT2D eigenvalue weighted by atomic mass is 16.2. The number of aromatic nitrogens is 1. The average Bonchev–Trinajstić information content (AvgIpc) is 3.43. The van der Waals surface area contributed by atoms with Gasteiger partial charge in [0.1, 0.15) is 11.8 Å². The molecule has 9 heteroatoms. The minimum absolute atomic E-state index is 0.0426. The normalized spacial score (nSPS) is 19.4. The van der Waals surface area contributed by atoms with E-state index >= 15 is 0 Å². The molecule has 1 heterocycles. The molecule has 0 radical (unpaired) electrons. The van der Waals surface area contributed by atoms with Gasteiger partial charge < -0.3 is 21.4 Å². The van der Waals surface area contributed by atoms with Crippen LogP contribution in [0.4, 0.5) is 0 Å². The van der Waals surface area contributed by atoms with Crippen LogP contribution in [-0.2, 0) is 30.4 Å². The SMILES string of the molecule is CC(=O)N[C@@H](Cc1c[nH]c2ccccc12)C(=O)NC(CCC(N)=O)C(=O)C1CCC[C@H]1C(C)=O. The zero-order chi connectivity index (χ0) is 24.8. The van der Waals surface area contributed by atoms with Gasteiger partial charge in [-0.1, -0.05) is 24.6 Å². The number of H-pyrrole nitrogens is 1. The Kier molecular flexibility index (Phi) is 8.20. The second kappa shape index (κ2) is 11.1. The molecular weight excluding hydrogens is 436 g/mol. The first-order valence-corrected chi connectivity index (χ1v) is 11.6. The van der Waals surface area contributed by atoms with Gasteiger partial charge in [-0.15, -0.1) is 0 Å². The summed E-state index contributed by atoms with van der Waals surface area (Å²) in [5.41, 5.74) is 7.04. The summed E-state index contributed by atoms with van der Waals surface area (Å²) in [5, 5.41) is 6.34. The maximum absolute atomic E-state index is 13.3. The summed E-state index contributed by atoms with van der Waals surface area (Å²) in [6.07, 6.45) is 3.92. The molecular formula is C25H32N4O5. The molecule has 1 saturated carbocycles. The van der Waals surface area contributed by atoms with E-state index in [-0.39, 0.29) is 42.7 Å². The van der Waals surface area contributed by atoms with Gasteiger partial charge >= 0.3 is 0 Å². The summed E-state index contributed by atoms with van der Waals surface area (Å²) < 4.78 is 0. The summed E-state index contributed by atoms with van der Waals surface area (Å²) in [6, 6.07) is 5.73. The number of nitrogens with one attached hydrogen (secondary N) is 3. The second-order valence-electron chi connectivity index (χ2n) is 9.04. The fourth-order valence-corrected chi connectivity index (χ4v) is 4.87. The smallest absolute Gasteiger partial charge is 0.243 e. The van der Waals surface area contributed by atoms with Crippen LogP contribution < -0.4 is 16.4 Å². The molecule has 1 aliphatic rings. The molecule has 1 aromatic carbocycles. The molecule has 0 bridgehead atoms. The van der Waals surface area contributed by atoms with Crippen LogP contribution >= 0.6 is 0 Å². The molecule has 3 amide bonds. The fraction of sp³-hybridized carbons (Fsp3) is 0.480. The standard InChI is InChI=1S/C25H32N4O5/c1-14(30)17-7-5-8-19(17)24(33)21(10-11-23(26)32)29-25(34)22(28-15(2)31)12-16-13-27-20-9-4-3-6-18(16)20/h3-4,6,9,13,17,19,21-22,27H,5,7-8,10-12H2,1-2H3,(H2,26,32)(H,28,31)(H,29,34)/t17-,19?,21?,22-/m0/s1. The van der Waals surface area contributed by atoms with E-state index in [1.54, 1.807) is 6.20 Å². The summed E-state index contributed by atoms with van der Waals surface area (Å²) in [6.45, 7) is 2.79. The molecule has 1 fully saturated rings. The monoisotopic (exact) mass is 468 g/mol. The van der Waals surface area contributed by atoms with E-state index in [0.29, 0.717) is 12.8 Å². The second-order valence-corrected chi connectivity index (χ2v) is 9.04. The Morgan fingerprint density at radius 1 is 1.03 bits per heavy atom. The number of carbonyl (C=O) groups is 5. The van der Waals surface area contributed by atoms with Crippen LogP contribution in [0.2, 0.25) is 0 Å². The summed E-state index contributed by atoms with van der Waals surface area (Å²) >= 11 is 0. The molecule has 5 N–H and O–H groups in total. The predicted molar refractivity (Wildman–Crippen MR) is 126 cm³/mol. The fourth-order valence-electron chi connectivity index (χ4n) is 4.87. The first kappa shape index (κ1) is 25.1. The molecule has 0 saturated heterocycles. The van der Waals surface area contributed by atoms with E-state index in [9.17, 15) is 24.0 Å². The van der Waals surface area contributed by atoms with Crippen LogP contribution in [0.25, 0.3) is 10.9 Å². The van der Waals surface area contributed by atoms with Crippen molar-refractivity contribution in [2.75, 3.05) is 0 Å². The number of rotatable bonds is 11. The van der Waals surface area contributed by atoms with Gasteiger partial charge in [-0.2, -0.15) is 0 Å². The Hall–Kier alpha value is -3.49. The van der Waals surface area contributed by atoms with E-state index in [1.165, 1.54) is 13.8 Å². The van der Waals surface area contributed by atoms with Crippen molar-refractivity contribution in [1.82, 2.24) is 15.6 Å². The Bertz CT molecular complexity index is 1090. The first-order valence-electron chi connectivity index (χ1n) is 11.6. The van der Waals surface area contributed by atoms with E-state index in [1.807, 2.05) is 24.3 Å². The molecule has 1 aliphatic carbocycles. The predicted octanol–water partition coefficient (Wildman–Crippen LogP) is 1.54. The number of nitrogens with two attached hydrogens (primary N) is 1. The van der Waals surface area contributed by atoms with Crippen molar-refractivity contribution < 1.29 is 24.0 Å². The number of carbonyl (C=O) groups excluding carboxylic acids is 5. The molecule has 1 aromatic heterocycles. The maximum atomic E-state index is 13.3. The van der Waals surface area contributed by atoms with Gasteiger partial charge in [0.15, 0.2) is 5.78 Å². The number of ketones is 2. The van der Waals surface area contributed by atoms with E-state index < -0.39 is 29.8 Å². The Morgan fingerprint density at radius 2 is 1.74 bits per heavy atom. The molecule has 34 heavy (non-hydrogen) atoms. The van der Waals surface area contributed by atoms with Crippen molar-refractivity contribution in [2.24, 2.45) is 17.6 Å². The number of hydrogen-bond donors (Lipinski definition) is 4. The van der Waals surface area contributed by atoms with Gasteiger partial charge in [-0.25, -0.2) is 0 Å². The summed E-state index contributed by atoms with van der Waals surface area (Å²) in [4.78, 5) is 65.0. The highest BCUT2D eigenvalue weighted by molar-refractivity contribution is 5.96. The lowest BCUT2D eigenvalue weighted by atomic mass is 9.84. The molecule has 2 unspecified atom stereocenters. The van der Waals surface area contributed by atoms with Crippen molar-refractivity contribution in [3.63, 3.8) is 0 Å². The van der Waals surface area contributed by atoms with Gasteiger partial charge in [0.2, 0.25) is 17.7 Å². The van der Waals surface area contributed by atoms with Crippen LogP contribution in [0.3, 0.4) is 0 Å². The van der Waals surface area contributed by atoms with Crippen LogP contribution in [0.5, 0.6) is 0 Å². The number of fused-ring (bicyclic) bond motifs is 1. The third-order valence-electron chi connectivity index (χ3n) is 6.54. The molecule has 3 rings (SSSR count). The number of aromatic amines is 1. The zero-order valence-corrected chi connectivity index (χ0v) is 19.6. The maximum Gasteiger partial charge on any atom is 0.243 e. The molecule has 4 atom stereocenters. The third-order valence-corrected chi connectivity index (χ3v) is 6.54. The number of benzene rings is 1. The molecule has 0 aliphatic heterocycles. The molecule has 0 spiro atoms. The molecule has 182 valence electrons. The molecule has 9 nitrogen and oxygen atoms in total. The Labute approximate surface area is 198 Å². The Morgan fingerprint density at radius 3 is 2.41 bits per heavy atom. The van der Waals surface area contributed by atoms with Crippen molar-refractivity contribution in [3.05, 3.63) is 36.0 Å². The quantitative estimate of drug-likeness (QED) is 0.394. The summed E-state index contributed by atoms with van der Waals surface area (Å²) in [7, 11) is 0. The van der Waals surface area contributed by atoms with Crippen LogP contribution in [0, 0.1) is 11.8 Å². The van der Waals surface area contributed by atoms with Gasteiger partial charge in [0, 0.05) is 48.7 Å². The third kappa shape index (κ3) is 6.09. The van der Waals surface area contributed by atoms with Crippen LogP contribution in [-0.4, -0.2) is 46.4 Å². The van der Waals surface area contributed by atoms with Crippen molar-refractivity contribution in [2.45, 2.75) is 64.5 Å². The first-order chi connectivity index (χ1) is 16.2. The minimum atomic E-state index is -0.968. The lowest BCUT2D eigenvalue weighted by Gasteiger charge is -2.26. The number of Topliss-reactive ketones (excluding diaryl/α,β-unsaturated/α-hetero) is 2. The van der Waals surface area contributed by atoms with Gasteiger partial charge in [0.05, 0.1) is 6.04 Å². The van der Waals surface area contributed by atoms with Crippen molar-refractivity contribution in [3.8, 4) is 0 Å². The average molecular weight is 469 g/mol.